The van der Waals surface area contributed by atoms with E-state index in [4.69, 9.17) is 9.47 Å². The van der Waals surface area contributed by atoms with Crippen molar-refractivity contribution in [2.24, 2.45) is 0 Å². The van der Waals surface area contributed by atoms with Crippen LogP contribution < -0.4 is 9.47 Å². The van der Waals surface area contributed by atoms with Crippen molar-refractivity contribution in [1.82, 2.24) is 0 Å². The summed E-state index contributed by atoms with van der Waals surface area (Å²) >= 11 is 0. The molecule has 0 bridgehead atoms. The molecule has 0 N–H and O–H groups in total. The number of hydrogen-bond acceptors (Lipinski definition) is 4. The van der Waals surface area contributed by atoms with Crippen LogP contribution in [0, 0.1) is 0 Å². The van der Waals surface area contributed by atoms with Crippen molar-refractivity contribution in [3.05, 3.63) is 107 Å². The molecule has 152 valence electrons. The fourth-order valence-electron chi connectivity index (χ4n) is 4.33. The summed E-state index contributed by atoms with van der Waals surface area (Å²) in [5.74, 6) is 1.11. The van der Waals surface area contributed by atoms with Crippen molar-refractivity contribution in [1.29, 1.82) is 0 Å². The number of methoxy groups -OCH3 is 1. The van der Waals surface area contributed by atoms with E-state index in [1.54, 1.807) is 13.2 Å². The van der Waals surface area contributed by atoms with E-state index in [-0.39, 0.29) is 11.7 Å². The molecular weight excluding hydrogens is 388 g/mol. The van der Waals surface area contributed by atoms with Crippen LogP contribution in [-0.2, 0) is 0 Å². The molecular formula is C27H20O4. The van der Waals surface area contributed by atoms with E-state index < -0.39 is 6.10 Å². The Kier molecular flexibility index (Phi) is 4.75. The molecule has 0 amide bonds. The number of ether oxygens (including phenoxy) is 2. The molecule has 1 aliphatic heterocycles. The van der Waals surface area contributed by atoms with Gasteiger partial charge in [-0.1, -0.05) is 60.7 Å². The Hall–Kier alpha value is -3.92. The Morgan fingerprint density at radius 3 is 2.42 bits per heavy atom. The summed E-state index contributed by atoms with van der Waals surface area (Å²) in [7, 11) is 1.63. The first-order valence-electron chi connectivity index (χ1n) is 10.1. The third-order valence-electron chi connectivity index (χ3n) is 5.84. The quantitative estimate of drug-likeness (QED) is 0.326. The molecule has 4 heteroatoms. The summed E-state index contributed by atoms with van der Waals surface area (Å²) in [5.41, 5.74) is 3.17. The number of rotatable bonds is 5. The van der Waals surface area contributed by atoms with Gasteiger partial charge in [0.1, 0.15) is 17.8 Å². The minimum absolute atomic E-state index is 0.0599. The van der Waals surface area contributed by atoms with E-state index in [9.17, 15) is 9.59 Å². The lowest BCUT2D eigenvalue weighted by Crippen LogP contribution is -2.30. The van der Waals surface area contributed by atoms with Gasteiger partial charge in [-0.3, -0.25) is 9.59 Å². The number of aldehydes is 1. The fraction of sp³-hybridized carbons (Fsp3) is 0.111. The number of ketones is 1. The maximum atomic E-state index is 13.5. The summed E-state index contributed by atoms with van der Waals surface area (Å²) in [6.45, 7) is 0. The largest absolute Gasteiger partial charge is 0.497 e. The number of Topliss-reactive ketones (excluding diaryl/α,β-unsaturated/α-hetero) is 1. The standard InChI is InChI=1S/C27H20O4/c1-30-21-11-8-18(9-12-21)24-25-22-13-7-17(16-28)15-20(22)10-14-23(25)31-27(24)26(29)19-5-3-2-4-6-19/h2-16,24,27H,1H3/t24-,27-/m1/s1. The van der Waals surface area contributed by atoms with Crippen LogP contribution in [0.4, 0.5) is 0 Å². The first-order chi connectivity index (χ1) is 15.2. The number of fused-ring (bicyclic) bond motifs is 3. The summed E-state index contributed by atoms with van der Waals surface area (Å²) in [5, 5.41) is 1.92. The lowest BCUT2D eigenvalue weighted by Gasteiger charge is -2.19. The lowest BCUT2D eigenvalue weighted by molar-refractivity contribution is 0.0806. The van der Waals surface area contributed by atoms with Gasteiger partial charge in [0, 0.05) is 16.7 Å². The molecule has 4 nitrogen and oxygen atoms in total. The molecule has 2 atom stereocenters. The van der Waals surface area contributed by atoms with Crippen molar-refractivity contribution in [3.63, 3.8) is 0 Å². The average molecular weight is 408 g/mol. The second-order valence-corrected chi connectivity index (χ2v) is 7.60. The van der Waals surface area contributed by atoms with E-state index in [0.29, 0.717) is 16.9 Å². The summed E-state index contributed by atoms with van der Waals surface area (Å²) in [6.07, 6.45) is 0.161. The Morgan fingerprint density at radius 2 is 1.71 bits per heavy atom. The molecule has 0 aliphatic carbocycles. The van der Waals surface area contributed by atoms with E-state index in [2.05, 4.69) is 0 Å². The van der Waals surface area contributed by atoms with Gasteiger partial charge in [-0.15, -0.1) is 0 Å². The highest BCUT2D eigenvalue weighted by Gasteiger charge is 2.41. The van der Waals surface area contributed by atoms with Crippen LogP contribution in [0.3, 0.4) is 0 Å². The van der Waals surface area contributed by atoms with Gasteiger partial charge < -0.3 is 9.47 Å². The van der Waals surface area contributed by atoms with Crippen LogP contribution in [0.25, 0.3) is 10.8 Å². The van der Waals surface area contributed by atoms with Gasteiger partial charge in [-0.05, 0) is 40.6 Å². The van der Waals surface area contributed by atoms with E-state index in [0.717, 1.165) is 33.9 Å². The van der Waals surface area contributed by atoms with Crippen LogP contribution in [-0.4, -0.2) is 25.3 Å². The minimum Gasteiger partial charge on any atom is -0.497 e. The molecule has 0 unspecified atom stereocenters. The molecule has 0 radical (unpaired) electrons. The van der Waals surface area contributed by atoms with Crippen molar-refractivity contribution in [2.75, 3.05) is 7.11 Å². The summed E-state index contributed by atoms with van der Waals surface area (Å²) < 4.78 is 11.6. The normalized spacial score (nSPS) is 17.1. The van der Waals surface area contributed by atoms with Crippen molar-refractivity contribution in [2.45, 2.75) is 12.0 Å². The number of carbonyl (C=O) groups excluding carboxylic acids is 2. The maximum Gasteiger partial charge on any atom is 0.204 e. The van der Waals surface area contributed by atoms with Gasteiger partial charge in [0.05, 0.1) is 13.0 Å². The van der Waals surface area contributed by atoms with Crippen LogP contribution in [0.15, 0.2) is 84.9 Å². The molecule has 0 saturated carbocycles. The number of hydrogen-bond donors (Lipinski definition) is 0. The molecule has 0 spiro atoms. The number of benzene rings is 4. The zero-order chi connectivity index (χ0) is 21.4. The minimum atomic E-state index is -0.679. The topological polar surface area (TPSA) is 52.6 Å². The molecule has 4 aromatic rings. The highest BCUT2D eigenvalue weighted by molar-refractivity contribution is 6.03. The Bertz CT molecular complexity index is 1280. The SMILES string of the molecule is COc1ccc([C@@H]2c3c(ccc4cc(C=O)ccc34)O[C@H]2C(=O)c2ccccc2)cc1. The van der Waals surface area contributed by atoms with Gasteiger partial charge in [-0.25, -0.2) is 0 Å². The first-order valence-corrected chi connectivity index (χ1v) is 10.1. The van der Waals surface area contributed by atoms with E-state index in [1.807, 2.05) is 78.9 Å². The zero-order valence-electron chi connectivity index (χ0n) is 16.9. The van der Waals surface area contributed by atoms with Gasteiger partial charge in [0.15, 0.2) is 6.10 Å². The lowest BCUT2D eigenvalue weighted by atomic mass is 9.83. The third kappa shape index (κ3) is 3.26. The van der Waals surface area contributed by atoms with Crippen LogP contribution >= 0.6 is 0 Å². The highest BCUT2D eigenvalue weighted by atomic mass is 16.5. The van der Waals surface area contributed by atoms with Gasteiger partial charge >= 0.3 is 0 Å². The highest BCUT2D eigenvalue weighted by Crippen LogP contribution is 2.47. The molecule has 1 aliphatic rings. The average Bonchev–Trinajstić information content (AvgIpc) is 3.23. The monoisotopic (exact) mass is 408 g/mol. The molecule has 0 saturated heterocycles. The molecule has 0 fully saturated rings. The Morgan fingerprint density at radius 1 is 0.935 bits per heavy atom. The predicted molar refractivity (Wildman–Crippen MR) is 119 cm³/mol. The smallest absolute Gasteiger partial charge is 0.204 e. The molecule has 31 heavy (non-hydrogen) atoms. The summed E-state index contributed by atoms with van der Waals surface area (Å²) in [6, 6.07) is 26.4. The van der Waals surface area contributed by atoms with Crippen LogP contribution in [0.2, 0.25) is 0 Å². The second kappa shape index (κ2) is 7.73. The van der Waals surface area contributed by atoms with Crippen molar-refractivity contribution >= 4 is 22.8 Å². The Balaban J connectivity index is 1.69. The van der Waals surface area contributed by atoms with Gasteiger partial charge in [-0.2, -0.15) is 0 Å². The zero-order valence-corrected chi connectivity index (χ0v) is 16.9. The molecule has 0 aromatic heterocycles. The van der Waals surface area contributed by atoms with Gasteiger partial charge in [0.25, 0.3) is 0 Å². The molecule has 5 rings (SSSR count). The van der Waals surface area contributed by atoms with Gasteiger partial charge in [0.2, 0.25) is 5.78 Å². The van der Waals surface area contributed by atoms with Crippen LogP contribution in [0.5, 0.6) is 11.5 Å². The molecule has 1 heterocycles. The first kappa shape index (κ1) is 19.1. The summed E-state index contributed by atoms with van der Waals surface area (Å²) in [4.78, 5) is 24.7. The number of carbonyl (C=O) groups is 2. The second-order valence-electron chi connectivity index (χ2n) is 7.60. The molecule has 4 aromatic carbocycles. The van der Waals surface area contributed by atoms with Crippen molar-refractivity contribution < 1.29 is 19.1 Å². The predicted octanol–water partition coefficient (Wildman–Crippen LogP) is 5.44. The third-order valence-corrected chi connectivity index (χ3v) is 5.84. The van der Waals surface area contributed by atoms with E-state index in [1.165, 1.54) is 0 Å². The van der Waals surface area contributed by atoms with Crippen molar-refractivity contribution in [3.8, 4) is 11.5 Å². The fourth-order valence-corrected chi connectivity index (χ4v) is 4.33. The Labute approximate surface area is 180 Å². The van der Waals surface area contributed by atoms with Crippen LogP contribution in [0.1, 0.15) is 37.8 Å². The maximum absolute atomic E-state index is 13.5. The van der Waals surface area contributed by atoms with E-state index >= 15 is 0 Å².